The maximum atomic E-state index is 4.29. The van der Waals surface area contributed by atoms with Crippen molar-refractivity contribution < 1.29 is 12.4 Å². The zero-order valence-corrected chi connectivity index (χ0v) is 16.2. The van der Waals surface area contributed by atoms with Gasteiger partial charge in [0.25, 0.3) is 0 Å². The summed E-state index contributed by atoms with van der Waals surface area (Å²) in [6.45, 7) is 11.3. The van der Waals surface area contributed by atoms with Gasteiger partial charge in [0.15, 0.2) is 0 Å². The van der Waals surface area contributed by atoms with Gasteiger partial charge in [0.1, 0.15) is 0 Å². The molecule has 0 radical (unpaired) electrons. The van der Waals surface area contributed by atoms with Crippen molar-refractivity contribution in [1.29, 1.82) is 0 Å². The van der Waals surface area contributed by atoms with Crippen LogP contribution in [-0.2, 0) is 0 Å². The van der Waals surface area contributed by atoms with Crippen LogP contribution in [-0.4, -0.2) is 31.1 Å². The van der Waals surface area contributed by atoms with E-state index in [0.29, 0.717) is 0 Å². The van der Waals surface area contributed by atoms with E-state index >= 15 is 0 Å². The molecule has 0 bridgehead atoms. The van der Waals surface area contributed by atoms with E-state index in [1.54, 1.807) is 0 Å². The van der Waals surface area contributed by atoms with Crippen LogP contribution in [0.4, 0.5) is 0 Å². The molecule has 0 aromatic carbocycles. The molecule has 0 aromatic heterocycles. The van der Waals surface area contributed by atoms with Crippen LogP contribution in [0.15, 0.2) is 0 Å². The van der Waals surface area contributed by atoms with Crippen LogP contribution >= 0.6 is 0 Å². The van der Waals surface area contributed by atoms with Crippen molar-refractivity contribution in [3.63, 3.8) is 0 Å². The molecule has 3 heteroatoms. The molecule has 0 heterocycles. The second-order valence-electron chi connectivity index (χ2n) is 6.10. The average molecular weight is 301 g/mol. The fraction of sp³-hybridized carbons (Fsp3) is 0.933. The Balaban J connectivity index is -0.00000112. The van der Waals surface area contributed by atoms with Crippen LogP contribution in [0.25, 0.3) is 0 Å². The van der Waals surface area contributed by atoms with E-state index in [2.05, 4.69) is 26.6 Å². The third-order valence-corrected chi connectivity index (χ3v) is 4.91. The predicted octanol–water partition coefficient (Wildman–Crippen LogP) is 2.61. The summed E-state index contributed by atoms with van der Waals surface area (Å²) in [5.41, 5.74) is 0. The molecular formula is C15H33ClMgSi. The van der Waals surface area contributed by atoms with E-state index in [0.717, 1.165) is 0 Å². The average Bonchev–Trinajstić information content (AvgIpc) is 2.19. The minimum atomic E-state index is -0.998. The summed E-state index contributed by atoms with van der Waals surface area (Å²) in [4.78, 5) is 0. The topological polar surface area (TPSA) is 0 Å². The maximum Gasteiger partial charge on any atom is 2.00 e. The van der Waals surface area contributed by atoms with Crippen LogP contribution in [0.1, 0.15) is 71.1 Å². The Morgan fingerprint density at radius 3 is 1.39 bits per heavy atom. The molecule has 0 unspecified atom stereocenters. The molecule has 0 amide bonds. The van der Waals surface area contributed by atoms with Crippen molar-refractivity contribution in [3.05, 3.63) is 6.55 Å². The predicted molar refractivity (Wildman–Crippen MR) is 85.2 cm³/mol. The molecule has 0 nitrogen and oxygen atoms in total. The van der Waals surface area contributed by atoms with Crippen molar-refractivity contribution in [2.45, 2.75) is 90.3 Å². The number of hydrogen-bond acceptors (Lipinski definition) is 0. The van der Waals surface area contributed by atoms with Crippen molar-refractivity contribution >= 4 is 31.1 Å². The Morgan fingerprint density at radius 1 is 0.722 bits per heavy atom. The van der Waals surface area contributed by atoms with Gasteiger partial charge in [-0.2, -0.15) is 0 Å². The largest absolute Gasteiger partial charge is 2.00 e. The summed E-state index contributed by atoms with van der Waals surface area (Å²) >= 11 is 0. The molecule has 0 aliphatic carbocycles. The first-order valence-electron chi connectivity index (χ1n) is 7.41. The van der Waals surface area contributed by atoms with E-state index in [9.17, 15) is 0 Å². The number of rotatable bonds is 11. The van der Waals surface area contributed by atoms with Crippen molar-refractivity contribution in [2.75, 3.05) is 0 Å². The van der Waals surface area contributed by atoms with E-state index in [-0.39, 0.29) is 35.5 Å². The fourth-order valence-electron chi connectivity index (χ4n) is 2.09. The molecule has 0 atom stereocenters. The van der Waals surface area contributed by atoms with Gasteiger partial charge < -0.3 is 19.0 Å². The zero-order chi connectivity index (χ0) is 12.3. The van der Waals surface area contributed by atoms with Gasteiger partial charge in [-0.1, -0.05) is 90.3 Å². The van der Waals surface area contributed by atoms with Crippen LogP contribution in [0.5, 0.6) is 0 Å². The third-order valence-electron chi connectivity index (χ3n) is 3.21. The van der Waals surface area contributed by atoms with Crippen LogP contribution in [0.2, 0.25) is 19.1 Å². The monoisotopic (exact) mass is 300 g/mol. The Morgan fingerprint density at radius 2 is 1.06 bits per heavy atom. The quantitative estimate of drug-likeness (QED) is 0.313. The SMILES string of the molecule is [CH2-][Si](C)(C)CCCCCCCCCCCC.[Cl-].[Mg+2]. The van der Waals surface area contributed by atoms with Gasteiger partial charge in [0, 0.05) is 0 Å². The second kappa shape index (κ2) is 16.3. The van der Waals surface area contributed by atoms with Crippen molar-refractivity contribution in [3.8, 4) is 0 Å². The molecular weight excluding hydrogens is 268 g/mol. The first-order chi connectivity index (χ1) is 7.56. The normalized spacial score (nSPS) is 10.7. The molecule has 18 heavy (non-hydrogen) atoms. The van der Waals surface area contributed by atoms with E-state index in [1.807, 2.05) is 0 Å². The Kier molecular flexibility index (Phi) is 22.0. The molecule has 0 aromatic rings. The third kappa shape index (κ3) is 22.5. The first kappa shape index (κ1) is 24.3. The summed E-state index contributed by atoms with van der Waals surface area (Å²) in [5, 5.41) is 0. The van der Waals surface area contributed by atoms with Gasteiger partial charge in [-0.3, -0.25) is 0 Å². The van der Waals surface area contributed by atoms with Gasteiger partial charge in [-0.05, 0) is 0 Å². The van der Waals surface area contributed by atoms with Gasteiger partial charge in [-0.25, -0.2) is 0 Å². The summed E-state index contributed by atoms with van der Waals surface area (Å²) in [6, 6.07) is 1.42. The Bertz CT molecular complexity index is 146. The molecule has 0 fully saturated rings. The molecule has 0 spiro atoms. The standard InChI is InChI=1S/C15H33Si.ClH.Mg/c1-5-6-7-8-9-10-11-12-13-14-15-16(2,3)4;;/h2,5-15H2,1,3-4H3;1H;/q-1;;+2/p-1. The van der Waals surface area contributed by atoms with Crippen LogP contribution in [0.3, 0.4) is 0 Å². The first-order valence-corrected chi connectivity index (χ1v) is 10.8. The summed E-state index contributed by atoms with van der Waals surface area (Å²) in [6.07, 6.45) is 14.5. The second-order valence-corrected chi connectivity index (χ2v) is 10.9. The molecule has 0 aliphatic rings. The zero-order valence-electron chi connectivity index (χ0n) is 13.1. The van der Waals surface area contributed by atoms with E-state index in [4.69, 9.17) is 0 Å². The number of halogens is 1. The van der Waals surface area contributed by atoms with E-state index < -0.39 is 8.07 Å². The Hall–Kier alpha value is 1.27. The molecule has 0 aliphatic heterocycles. The summed E-state index contributed by atoms with van der Waals surface area (Å²) < 4.78 is 0. The Labute approximate surface area is 140 Å². The minimum Gasteiger partial charge on any atom is -1.00 e. The van der Waals surface area contributed by atoms with Gasteiger partial charge in [0.2, 0.25) is 0 Å². The minimum absolute atomic E-state index is 0. The molecule has 106 valence electrons. The van der Waals surface area contributed by atoms with Gasteiger partial charge in [-0.15, -0.1) is 8.07 Å². The number of unbranched alkanes of at least 4 members (excludes halogenated alkanes) is 9. The van der Waals surface area contributed by atoms with Gasteiger partial charge in [0.05, 0.1) is 0 Å². The molecule has 0 rings (SSSR count). The van der Waals surface area contributed by atoms with Crippen LogP contribution < -0.4 is 12.4 Å². The summed E-state index contributed by atoms with van der Waals surface area (Å²) in [5.74, 6) is 0. The number of hydrogen-bond donors (Lipinski definition) is 0. The van der Waals surface area contributed by atoms with Crippen molar-refractivity contribution in [1.82, 2.24) is 0 Å². The maximum absolute atomic E-state index is 4.29. The van der Waals surface area contributed by atoms with E-state index in [1.165, 1.54) is 70.3 Å². The molecule has 0 saturated heterocycles. The molecule has 0 N–H and O–H groups in total. The van der Waals surface area contributed by atoms with Gasteiger partial charge >= 0.3 is 23.1 Å². The molecule has 0 saturated carbocycles. The van der Waals surface area contributed by atoms with Crippen LogP contribution in [0, 0.1) is 6.55 Å². The fourth-order valence-corrected chi connectivity index (χ4v) is 3.30. The summed E-state index contributed by atoms with van der Waals surface area (Å²) in [7, 11) is -0.998. The smallest absolute Gasteiger partial charge is 1.00 e. The van der Waals surface area contributed by atoms with Crippen molar-refractivity contribution in [2.24, 2.45) is 0 Å².